The molecule has 1 heterocycles. The van der Waals surface area contributed by atoms with Gasteiger partial charge in [0.05, 0.1) is 17.4 Å². The fourth-order valence-corrected chi connectivity index (χ4v) is 1.79. The Morgan fingerprint density at radius 3 is 2.63 bits per heavy atom. The molecule has 19 heavy (non-hydrogen) atoms. The molecule has 1 aromatic heterocycles. The van der Waals surface area contributed by atoms with E-state index in [0.29, 0.717) is 5.56 Å². The Balaban J connectivity index is 2.49. The highest BCUT2D eigenvalue weighted by Crippen LogP contribution is 2.19. The lowest BCUT2D eigenvalue weighted by molar-refractivity contribution is -0.119. The van der Waals surface area contributed by atoms with Gasteiger partial charge in [0.2, 0.25) is 0 Å². The molecule has 4 heteroatoms. The van der Waals surface area contributed by atoms with Crippen LogP contribution in [0.2, 0.25) is 0 Å². The summed E-state index contributed by atoms with van der Waals surface area (Å²) in [6.07, 6.45) is 4.78. The van der Waals surface area contributed by atoms with Crippen LogP contribution in [0, 0.1) is 0 Å². The van der Waals surface area contributed by atoms with Gasteiger partial charge in [-0.1, -0.05) is 5.57 Å². The van der Waals surface area contributed by atoms with E-state index in [0.717, 1.165) is 5.57 Å². The zero-order valence-electron chi connectivity index (χ0n) is 11.6. The average molecular weight is 264 g/mol. The summed E-state index contributed by atoms with van der Waals surface area (Å²) in [5, 5.41) is 10.1. The fourth-order valence-electron chi connectivity index (χ4n) is 1.79. The van der Waals surface area contributed by atoms with Crippen molar-refractivity contribution >= 4 is 11.6 Å². The first-order valence-electron chi connectivity index (χ1n) is 6.26. The lowest BCUT2D eigenvalue weighted by Gasteiger charge is -2.21. The number of hydrogen-bond acceptors (Lipinski definition) is 4. The summed E-state index contributed by atoms with van der Waals surface area (Å²) in [5.41, 5.74) is 0.226. The van der Waals surface area contributed by atoms with E-state index >= 15 is 0 Å². The first-order chi connectivity index (χ1) is 8.80. The Kier molecular flexibility index (Phi) is 5.24. The molecule has 1 atom stereocenters. The zero-order chi connectivity index (χ0) is 14.5. The summed E-state index contributed by atoms with van der Waals surface area (Å²) in [7, 11) is 0. The maximum absolute atomic E-state index is 11.7. The maximum atomic E-state index is 11.7. The monoisotopic (exact) mass is 264 g/mol. The molecule has 1 N–H and O–H groups in total. The van der Waals surface area contributed by atoms with Gasteiger partial charge in [0.1, 0.15) is 6.26 Å². The molecular weight excluding hydrogens is 244 g/mol. The highest BCUT2D eigenvalue weighted by atomic mass is 16.3. The average Bonchev–Trinajstić information content (AvgIpc) is 2.77. The number of rotatable bonds is 7. The van der Waals surface area contributed by atoms with Crippen LogP contribution in [-0.4, -0.2) is 22.3 Å². The minimum Gasteiger partial charge on any atom is -0.472 e. The predicted molar refractivity (Wildman–Crippen MR) is 72.0 cm³/mol. The number of allylic oxidation sites excluding steroid dienone is 2. The third-order valence-corrected chi connectivity index (χ3v) is 2.74. The summed E-state index contributed by atoms with van der Waals surface area (Å²) in [4.78, 5) is 23.4. The molecule has 0 saturated carbocycles. The van der Waals surface area contributed by atoms with Crippen molar-refractivity contribution in [3.63, 3.8) is 0 Å². The molecule has 0 bridgehead atoms. The van der Waals surface area contributed by atoms with Crippen molar-refractivity contribution in [1.29, 1.82) is 0 Å². The van der Waals surface area contributed by atoms with Gasteiger partial charge in [0, 0.05) is 12.8 Å². The molecule has 104 valence electrons. The molecular formula is C15H20O4. The quantitative estimate of drug-likeness (QED) is 0.607. The molecule has 1 unspecified atom stereocenters. The molecule has 0 saturated heterocycles. The van der Waals surface area contributed by atoms with E-state index < -0.39 is 5.60 Å². The molecule has 0 aliphatic rings. The van der Waals surface area contributed by atoms with E-state index in [2.05, 4.69) is 0 Å². The Bertz CT molecular complexity index is 462. The molecule has 1 rings (SSSR count). The number of carbonyl (C=O) groups excluding carboxylic acids is 2. The molecule has 0 aromatic carbocycles. The Morgan fingerprint density at radius 2 is 2.11 bits per heavy atom. The second-order valence-corrected chi connectivity index (χ2v) is 5.30. The number of hydrogen-bond donors (Lipinski definition) is 1. The molecule has 0 amide bonds. The third-order valence-electron chi connectivity index (χ3n) is 2.74. The summed E-state index contributed by atoms with van der Waals surface area (Å²) in [6, 6.07) is 1.59. The molecule has 4 nitrogen and oxygen atoms in total. The van der Waals surface area contributed by atoms with E-state index in [-0.39, 0.29) is 30.8 Å². The standard InChI is InChI=1S/C15H20O4/c1-11(2)8-13(16)9-15(3,18)6-4-14(17)12-5-7-19-10-12/h5,7-8,10,18H,4,6,9H2,1-3H3. The number of ketones is 2. The third kappa shape index (κ3) is 5.66. The summed E-state index contributed by atoms with van der Waals surface area (Å²) in [6.45, 7) is 5.23. The van der Waals surface area contributed by atoms with Crippen molar-refractivity contribution in [2.75, 3.05) is 0 Å². The maximum Gasteiger partial charge on any atom is 0.166 e. The Hall–Kier alpha value is -1.68. The first-order valence-corrected chi connectivity index (χ1v) is 6.26. The number of Topliss-reactive ketones (excluding diaryl/α,β-unsaturated/α-hetero) is 1. The summed E-state index contributed by atoms with van der Waals surface area (Å²) >= 11 is 0. The van der Waals surface area contributed by atoms with Crippen LogP contribution in [0.15, 0.2) is 34.7 Å². The Labute approximate surface area is 113 Å². The van der Waals surface area contributed by atoms with Crippen LogP contribution in [0.4, 0.5) is 0 Å². The van der Waals surface area contributed by atoms with Gasteiger partial charge in [0.25, 0.3) is 0 Å². The van der Waals surface area contributed by atoms with Gasteiger partial charge in [0.15, 0.2) is 11.6 Å². The van der Waals surface area contributed by atoms with E-state index in [4.69, 9.17) is 4.42 Å². The molecule has 0 spiro atoms. The molecule has 0 radical (unpaired) electrons. The van der Waals surface area contributed by atoms with E-state index in [1.54, 1.807) is 13.0 Å². The van der Waals surface area contributed by atoms with Crippen molar-refractivity contribution in [3.8, 4) is 0 Å². The largest absolute Gasteiger partial charge is 0.472 e. The van der Waals surface area contributed by atoms with Crippen molar-refractivity contribution < 1.29 is 19.1 Å². The van der Waals surface area contributed by atoms with E-state index in [1.807, 2.05) is 13.8 Å². The van der Waals surface area contributed by atoms with Gasteiger partial charge >= 0.3 is 0 Å². The normalized spacial score (nSPS) is 13.7. The number of carbonyl (C=O) groups is 2. The van der Waals surface area contributed by atoms with Crippen LogP contribution < -0.4 is 0 Å². The van der Waals surface area contributed by atoms with E-state index in [9.17, 15) is 14.7 Å². The first kappa shape index (κ1) is 15.4. The van der Waals surface area contributed by atoms with Crippen molar-refractivity contribution in [1.82, 2.24) is 0 Å². The fraction of sp³-hybridized carbons (Fsp3) is 0.467. The smallest absolute Gasteiger partial charge is 0.166 e. The van der Waals surface area contributed by atoms with Crippen LogP contribution in [0.3, 0.4) is 0 Å². The van der Waals surface area contributed by atoms with Crippen LogP contribution in [-0.2, 0) is 4.79 Å². The van der Waals surface area contributed by atoms with Gasteiger partial charge in [-0.3, -0.25) is 9.59 Å². The molecule has 1 aromatic rings. The van der Waals surface area contributed by atoms with Crippen LogP contribution in [0.5, 0.6) is 0 Å². The lowest BCUT2D eigenvalue weighted by Crippen LogP contribution is -2.28. The number of aliphatic hydroxyl groups is 1. The second-order valence-electron chi connectivity index (χ2n) is 5.30. The topological polar surface area (TPSA) is 67.5 Å². The second kappa shape index (κ2) is 6.48. The highest BCUT2D eigenvalue weighted by Gasteiger charge is 2.24. The SMILES string of the molecule is CC(C)=CC(=O)CC(C)(O)CCC(=O)c1ccoc1. The summed E-state index contributed by atoms with van der Waals surface area (Å²) in [5.74, 6) is -0.218. The van der Waals surface area contributed by atoms with Crippen molar-refractivity contribution in [2.45, 2.75) is 45.6 Å². The number of furan rings is 1. The van der Waals surface area contributed by atoms with Crippen molar-refractivity contribution in [3.05, 3.63) is 35.8 Å². The van der Waals surface area contributed by atoms with Gasteiger partial charge < -0.3 is 9.52 Å². The van der Waals surface area contributed by atoms with Crippen LogP contribution >= 0.6 is 0 Å². The van der Waals surface area contributed by atoms with Crippen LogP contribution in [0.1, 0.15) is 50.4 Å². The van der Waals surface area contributed by atoms with E-state index in [1.165, 1.54) is 18.6 Å². The highest BCUT2D eigenvalue weighted by molar-refractivity contribution is 5.95. The van der Waals surface area contributed by atoms with Crippen molar-refractivity contribution in [2.24, 2.45) is 0 Å². The molecule has 0 aliphatic heterocycles. The van der Waals surface area contributed by atoms with Gasteiger partial charge in [-0.05, 0) is 39.3 Å². The predicted octanol–water partition coefficient (Wildman–Crippen LogP) is 2.92. The summed E-state index contributed by atoms with van der Waals surface area (Å²) < 4.78 is 4.83. The minimum atomic E-state index is -1.16. The van der Waals surface area contributed by atoms with Gasteiger partial charge in [-0.15, -0.1) is 0 Å². The molecule has 0 fully saturated rings. The Morgan fingerprint density at radius 1 is 1.42 bits per heavy atom. The minimum absolute atomic E-state index is 0.0246. The molecule has 0 aliphatic carbocycles. The van der Waals surface area contributed by atoms with Gasteiger partial charge in [-0.2, -0.15) is 0 Å². The van der Waals surface area contributed by atoms with Crippen LogP contribution in [0.25, 0.3) is 0 Å². The van der Waals surface area contributed by atoms with Gasteiger partial charge in [-0.25, -0.2) is 0 Å². The lowest BCUT2D eigenvalue weighted by atomic mass is 9.91. The zero-order valence-corrected chi connectivity index (χ0v) is 11.6.